The molecule has 1 fully saturated rings. The smallest absolute Gasteiger partial charge is 0.374 e. The molecular formula is C12H28O5Si2. The van der Waals surface area contributed by atoms with Gasteiger partial charge in [-0.05, 0) is 40.5 Å². The van der Waals surface area contributed by atoms with Gasteiger partial charge in [0.25, 0.3) is 0 Å². The first-order valence-corrected chi connectivity index (χ1v) is 11.3. The summed E-state index contributed by atoms with van der Waals surface area (Å²) in [5.74, 6) is 0. The molecule has 7 heteroatoms. The Morgan fingerprint density at radius 2 is 1.00 bits per heavy atom. The lowest BCUT2D eigenvalue weighted by Crippen LogP contribution is -2.57. The third-order valence-corrected chi connectivity index (χ3v) is 10.3. The summed E-state index contributed by atoms with van der Waals surface area (Å²) in [5, 5.41) is 0. The molecule has 1 heterocycles. The van der Waals surface area contributed by atoms with Gasteiger partial charge >= 0.3 is 17.6 Å². The van der Waals surface area contributed by atoms with E-state index in [1.54, 1.807) is 0 Å². The first-order valence-electron chi connectivity index (χ1n) is 7.41. The van der Waals surface area contributed by atoms with E-state index >= 15 is 0 Å². The number of rotatable bonds is 8. The van der Waals surface area contributed by atoms with E-state index in [4.69, 9.17) is 21.8 Å². The van der Waals surface area contributed by atoms with Gasteiger partial charge in [0.15, 0.2) is 0 Å². The highest BCUT2D eigenvalue weighted by Crippen LogP contribution is 2.33. The van der Waals surface area contributed by atoms with Crippen molar-refractivity contribution in [2.75, 3.05) is 26.4 Å². The fourth-order valence-electron chi connectivity index (χ4n) is 2.39. The van der Waals surface area contributed by atoms with Crippen LogP contribution in [0.25, 0.3) is 0 Å². The Kier molecular flexibility index (Phi) is 7.74. The van der Waals surface area contributed by atoms with E-state index in [2.05, 4.69) is 0 Å². The molecule has 0 spiro atoms. The summed E-state index contributed by atoms with van der Waals surface area (Å²) >= 11 is 0. The highest BCUT2D eigenvalue weighted by Gasteiger charge is 2.54. The molecule has 0 radical (unpaired) electrons. The SMILES string of the molecule is CCO[Si]1(OCC)CCCC[Si](OCC)(OCC)O1. The first-order chi connectivity index (χ1) is 9.16. The van der Waals surface area contributed by atoms with Gasteiger partial charge in [0.2, 0.25) is 0 Å². The van der Waals surface area contributed by atoms with Gasteiger partial charge in [0.1, 0.15) is 0 Å². The summed E-state index contributed by atoms with van der Waals surface area (Å²) in [6, 6.07) is 1.73. The largest absolute Gasteiger partial charge is 0.493 e. The summed E-state index contributed by atoms with van der Waals surface area (Å²) in [6.07, 6.45) is 2.11. The molecule has 1 aliphatic rings. The quantitative estimate of drug-likeness (QED) is 0.645. The lowest BCUT2D eigenvalue weighted by Gasteiger charge is -2.35. The second-order valence-corrected chi connectivity index (χ2v) is 10.1. The van der Waals surface area contributed by atoms with Crippen molar-refractivity contribution in [3.05, 3.63) is 0 Å². The van der Waals surface area contributed by atoms with Crippen LogP contribution in [0.1, 0.15) is 40.5 Å². The van der Waals surface area contributed by atoms with Crippen LogP contribution in [0.2, 0.25) is 12.1 Å². The zero-order valence-electron chi connectivity index (χ0n) is 12.7. The van der Waals surface area contributed by atoms with Crippen LogP contribution < -0.4 is 0 Å². The summed E-state index contributed by atoms with van der Waals surface area (Å²) in [7, 11) is -5.26. The van der Waals surface area contributed by atoms with Crippen molar-refractivity contribution in [3.8, 4) is 0 Å². The Morgan fingerprint density at radius 1 is 0.684 bits per heavy atom. The normalized spacial score (nSPS) is 22.1. The summed E-state index contributed by atoms with van der Waals surface area (Å²) in [6.45, 7) is 10.3. The van der Waals surface area contributed by atoms with Crippen LogP contribution >= 0.6 is 0 Å². The Balaban J connectivity index is 2.91. The molecule has 0 saturated carbocycles. The van der Waals surface area contributed by atoms with E-state index < -0.39 is 17.6 Å². The zero-order valence-corrected chi connectivity index (χ0v) is 14.7. The molecular weight excluding hydrogens is 280 g/mol. The fraction of sp³-hybridized carbons (Fsp3) is 1.00. The van der Waals surface area contributed by atoms with Crippen molar-refractivity contribution in [2.24, 2.45) is 0 Å². The molecule has 0 unspecified atom stereocenters. The van der Waals surface area contributed by atoms with Crippen molar-refractivity contribution >= 4 is 17.6 Å². The number of hydrogen-bond donors (Lipinski definition) is 0. The van der Waals surface area contributed by atoms with Crippen LogP contribution in [-0.2, 0) is 21.8 Å². The maximum absolute atomic E-state index is 6.34. The molecule has 1 saturated heterocycles. The molecule has 0 atom stereocenters. The van der Waals surface area contributed by atoms with Gasteiger partial charge in [-0.2, -0.15) is 0 Å². The van der Waals surface area contributed by atoms with Crippen LogP contribution in [0.15, 0.2) is 0 Å². The van der Waals surface area contributed by atoms with Crippen LogP contribution in [0.5, 0.6) is 0 Å². The molecule has 0 N–H and O–H groups in total. The van der Waals surface area contributed by atoms with E-state index in [-0.39, 0.29) is 0 Å². The highest BCUT2D eigenvalue weighted by molar-refractivity contribution is 6.75. The third-order valence-electron chi connectivity index (χ3n) is 2.98. The van der Waals surface area contributed by atoms with E-state index in [1.807, 2.05) is 27.7 Å². The van der Waals surface area contributed by atoms with Crippen LogP contribution in [-0.4, -0.2) is 44.0 Å². The predicted octanol–water partition coefficient (Wildman–Crippen LogP) is 2.82. The lowest BCUT2D eigenvalue weighted by atomic mass is 10.4. The average molecular weight is 309 g/mol. The topological polar surface area (TPSA) is 46.2 Å². The van der Waals surface area contributed by atoms with E-state index in [1.165, 1.54) is 0 Å². The van der Waals surface area contributed by atoms with Crippen molar-refractivity contribution in [2.45, 2.75) is 52.6 Å². The number of hydrogen-bond acceptors (Lipinski definition) is 5. The van der Waals surface area contributed by atoms with Crippen molar-refractivity contribution in [1.82, 2.24) is 0 Å². The molecule has 114 valence electrons. The minimum Gasteiger partial charge on any atom is -0.374 e. The van der Waals surface area contributed by atoms with Gasteiger partial charge in [0.05, 0.1) is 0 Å². The third kappa shape index (κ3) is 4.93. The molecule has 0 aliphatic carbocycles. The second kappa shape index (κ2) is 8.50. The summed E-state index contributed by atoms with van der Waals surface area (Å²) in [5.41, 5.74) is 0. The monoisotopic (exact) mass is 308 g/mol. The van der Waals surface area contributed by atoms with Crippen molar-refractivity contribution < 1.29 is 21.8 Å². The Bertz CT molecular complexity index is 216. The zero-order chi connectivity index (χ0) is 14.2. The molecule has 0 amide bonds. The predicted molar refractivity (Wildman–Crippen MR) is 77.9 cm³/mol. The minimum atomic E-state index is -2.63. The van der Waals surface area contributed by atoms with Crippen molar-refractivity contribution in [3.63, 3.8) is 0 Å². The Labute approximate surface area is 119 Å². The molecule has 0 bridgehead atoms. The van der Waals surface area contributed by atoms with Crippen molar-refractivity contribution in [1.29, 1.82) is 0 Å². The molecule has 5 nitrogen and oxygen atoms in total. The van der Waals surface area contributed by atoms with E-state index in [9.17, 15) is 0 Å². The van der Waals surface area contributed by atoms with Gasteiger partial charge in [0, 0.05) is 38.5 Å². The van der Waals surface area contributed by atoms with Crippen LogP contribution in [0.3, 0.4) is 0 Å². The van der Waals surface area contributed by atoms with Gasteiger partial charge in [-0.15, -0.1) is 0 Å². The molecule has 0 aromatic rings. The Hall–Kier alpha value is 0.234. The molecule has 1 aliphatic heterocycles. The standard InChI is InChI=1S/C12H28O5Si2/c1-5-13-18(14-6-2)11-9-10-12-19(17-18,15-7-3)16-8-4/h5-12H2,1-4H3. The lowest BCUT2D eigenvalue weighted by molar-refractivity contribution is 0.0532. The van der Waals surface area contributed by atoms with Gasteiger partial charge in [-0.25, -0.2) is 0 Å². The molecule has 1 rings (SSSR count). The fourth-order valence-corrected chi connectivity index (χ4v) is 9.92. The van der Waals surface area contributed by atoms with Gasteiger partial charge < -0.3 is 21.8 Å². The summed E-state index contributed by atoms with van der Waals surface area (Å²) < 4.78 is 30.0. The van der Waals surface area contributed by atoms with Crippen LogP contribution in [0.4, 0.5) is 0 Å². The van der Waals surface area contributed by atoms with Crippen LogP contribution in [0, 0.1) is 0 Å². The maximum Gasteiger partial charge on any atom is 0.493 e. The van der Waals surface area contributed by atoms with E-state index in [0.717, 1.165) is 24.9 Å². The van der Waals surface area contributed by atoms with Gasteiger partial charge in [-0.1, -0.05) is 0 Å². The Morgan fingerprint density at radius 3 is 1.26 bits per heavy atom. The molecule has 0 aromatic heterocycles. The maximum atomic E-state index is 6.34. The van der Waals surface area contributed by atoms with E-state index in [0.29, 0.717) is 26.4 Å². The summed E-state index contributed by atoms with van der Waals surface area (Å²) in [4.78, 5) is 0. The minimum absolute atomic E-state index is 0.606. The highest BCUT2D eigenvalue weighted by atomic mass is 28.5. The first kappa shape index (κ1) is 17.3. The second-order valence-electron chi connectivity index (χ2n) is 4.41. The van der Waals surface area contributed by atoms with Gasteiger partial charge in [-0.3, -0.25) is 0 Å². The molecule has 19 heavy (non-hydrogen) atoms. The average Bonchev–Trinajstić information content (AvgIpc) is 2.52. The molecule has 0 aromatic carbocycles.